The summed E-state index contributed by atoms with van der Waals surface area (Å²) in [6.45, 7) is 0. The van der Waals surface area contributed by atoms with E-state index in [2.05, 4.69) is 21.2 Å². The first-order chi connectivity index (χ1) is 9.47. The Hall–Kier alpha value is -2.41. The van der Waals surface area contributed by atoms with Gasteiger partial charge in [0.25, 0.3) is 11.6 Å². The quantitative estimate of drug-likeness (QED) is 0.511. The average Bonchev–Trinajstić information content (AvgIpc) is 2.38. The summed E-state index contributed by atoms with van der Waals surface area (Å²) in [5, 5.41) is 13.4. The Morgan fingerprint density at radius 1 is 1.25 bits per heavy atom. The molecule has 0 spiro atoms. The minimum Gasteiger partial charge on any atom is -0.398 e. The van der Waals surface area contributed by atoms with Gasteiger partial charge in [0.05, 0.1) is 10.5 Å². The van der Waals surface area contributed by atoms with Crippen LogP contribution in [-0.4, -0.2) is 10.8 Å². The second-order valence-corrected chi connectivity index (χ2v) is 4.91. The fourth-order valence-corrected chi connectivity index (χ4v) is 2.02. The maximum atomic E-state index is 12.1. The minimum absolute atomic E-state index is 0.0687. The van der Waals surface area contributed by atoms with Crippen LogP contribution in [0.25, 0.3) is 0 Å². The molecular weight excluding hydrogens is 326 g/mol. The summed E-state index contributed by atoms with van der Waals surface area (Å²) in [7, 11) is 0. The molecule has 20 heavy (non-hydrogen) atoms. The summed E-state index contributed by atoms with van der Waals surface area (Å²) in [5.41, 5.74) is 6.32. The molecule has 0 saturated heterocycles. The SMILES string of the molecule is Nc1ccc([N+](=O)[O-])cc1C(=O)Nc1cccc(Br)c1. The number of nitrogens with one attached hydrogen (secondary N) is 1. The number of hydrogen-bond acceptors (Lipinski definition) is 4. The van der Waals surface area contributed by atoms with E-state index in [0.717, 1.165) is 10.5 Å². The third kappa shape index (κ3) is 3.12. The van der Waals surface area contributed by atoms with Crippen molar-refractivity contribution in [3.05, 3.63) is 62.6 Å². The molecule has 0 aliphatic heterocycles. The molecule has 2 rings (SSSR count). The molecule has 0 aliphatic carbocycles. The molecule has 0 fully saturated rings. The molecule has 0 unspecified atom stereocenters. The normalized spacial score (nSPS) is 10.1. The van der Waals surface area contributed by atoms with Crippen LogP contribution in [0.3, 0.4) is 0 Å². The number of hydrogen-bond donors (Lipinski definition) is 2. The van der Waals surface area contributed by atoms with Gasteiger partial charge >= 0.3 is 0 Å². The molecule has 0 aliphatic rings. The summed E-state index contributed by atoms with van der Waals surface area (Å²) in [6.07, 6.45) is 0. The van der Waals surface area contributed by atoms with Gasteiger partial charge in [-0.05, 0) is 24.3 Å². The minimum atomic E-state index is -0.574. The Balaban J connectivity index is 2.29. The highest BCUT2D eigenvalue weighted by Gasteiger charge is 2.15. The maximum Gasteiger partial charge on any atom is 0.270 e. The van der Waals surface area contributed by atoms with Gasteiger partial charge in [-0.3, -0.25) is 14.9 Å². The first kappa shape index (κ1) is 14.0. The van der Waals surface area contributed by atoms with Crippen molar-refractivity contribution < 1.29 is 9.72 Å². The number of benzene rings is 2. The molecule has 102 valence electrons. The van der Waals surface area contributed by atoms with Crippen molar-refractivity contribution in [2.45, 2.75) is 0 Å². The number of halogens is 1. The number of non-ortho nitro benzene ring substituents is 1. The molecular formula is C13H10BrN3O3. The number of rotatable bonds is 3. The lowest BCUT2D eigenvalue weighted by Gasteiger charge is -2.07. The highest BCUT2D eigenvalue weighted by Crippen LogP contribution is 2.22. The largest absolute Gasteiger partial charge is 0.398 e. The van der Waals surface area contributed by atoms with Crippen molar-refractivity contribution in [3.8, 4) is 0 Å². The predicted molar refractivity (Wildman–Crippen MR) is 79.6 cm³/mol. The molecule has 0 aromatic heterocycles. The van der Waals surface area contributed by atoms with Gasteiger partial charge in [-0.1, -0.05) is 22.0 Å². The smallest absolute Gasteiger partial charge is 0.270 e. The van der Waals surface area contributed by atoms with Gasteiger partial charge < -0.3 is 11.1 Å². The summed E-state index contributed by atoms with van der Waals surface area (Å²) in [6, 6.07) is 10.7. The molecule has 3 N–H and O–H groups in total. The van der Waals surface area contributed by atoms with E-state index in [1.165, 1.54) is 12.1 Å². The van der Waals surface area contributed by atoms with E-state index >= 15 is 0 Å². The molecule has 0 radical (unpaired) electrons. The first-order valence-electron chi connectivity index (χ1n) is 5.58. The van der Waals surface area contributed by atoms with E-state index in [-0.39, 0.29) is 16.9 Å². The van der Waals surface area contributed by atoms with Crippen LogP contribution in [0, 0.1) is 10.1 Å². The maximum absolute atomic E-state index is 12.1. The molecule has 0 heterocycles. The number of carbonyl (C=O) groups excluding carboxylic acids is 1. The van der Waals surface area contributed by atoms with Crippen molar-refractivity contribution in [1.82, 2.24) is 0 Å². The Kier molecular flexibility index (Phi) is 3.99. The van der Waals surface area contributed by atoms with Crippen molar-refractivity contribution in [2.24, 2.45) is 0 Å². The van der Waals surface area contributed by atoms with Gasteiger partial charge in [0.1, 0.15) is 0 Å². The Labute approximate surface area is 122 Å². The Bertz CT molecular complexity index is 688. The van der Waals surface area contributed by atoms with Gasteiger partial charge in [0, 0.05) is 28.0 Å². The van der Waals surface area contributed by atoms with Crippen LogP contribution in [-0.2, 0) is 0 Å². The number of nitro groups is 1. The summed E-state index contributed by atoms with van der Waals surface area (Å²) in [4.78, 5) is 22.2. The zero-order valence-electron chi connectivity index (χ0n) is 10.2. The van der Waals surface area contributed by atoms with Gasteiger partial charge in [-0.2, -0.15) is 0 Å². The topological polar surface area (TPSA) is 98.3 Å². The second-order valence-electron chi connectivity index (χ2n) is 3.99. The second kappa shape index (κ2) is 5.70. The van der Waals surface area contributed by atoms with Crippen molar-refractivity contribution in [2.75, 3.05) is 11.1 Å². The van der Waals surface area contributed by atoms with Crippen LogP contribution in [0.15, 0.2) is 46.9 Å². The summed E-state index contributed by atoms with van der Waals surface area (Å²) in [5.74, 6) is -0.496. The first-order valence-corrected chi connectivity index (χ1v) is 6.37. The van der Waals surface area contributed by atoms with Crippen LogP contribution < -0.4 is 11.1 Å². The zero-order chi connectivity index (χ0) is 14.7. The molecule has 7 heteroatoms. The third-order valence-corrected chi connectivity index (χ3v) is 3.07. The van der Waals surface area contributed by atoms with Crippen LogP contribution in [0.2, 0.25) is 0 Å². The van der Waals surface area contributed by atoms with E-state index < -0.39 is 10.8 Å². The summed E-state index contributed by atoms with van der Waals surface area (Å²) < 4.78 is 0.808. The molecule has 2 aromatic carbocycles. The lowest BCUT2D eigenvalue weighted by atomic mass is 10.1. The highest BCUT2D eigenvalue weighted by molar-refractivity contribution is 9.10. The number of nitrogen functional groups attached to an aromatic ring is 1. The Morgan fingerprint density at radius 2 is 2.00 bits per heavy atom. The number of amides is 1. The van der Waals surface area contributed by atoms with E-state index in [0.29, 0.717) is 5.69 Å². The van der Waals surface area contributed by atoms with Crippen molar-refractivity contribution >= 4 is 38.9 Å². The van der Waals surface area contributed by atoms with Crippen molar-refractivity contribution in [3.63, 3.8) is 0 Å². The third-order valence-electron chi connectivity index (χ3n) is 2.57. The van der Waals surface area contributed by atoms with Gasteiger partial charge in [-0.15, -0.1) is 0 Å². The number of nitro benzene ring substituents is 1. The highest BCUT2D eigenvalue weighted by atomic mass is 79.9. The van der Waals surface area contributed by atoms with Gasteiger partial charge in [-0.25, -0.2) is 0 Å². The van der Waals surface area contributed by atoms with Crippen molar-refractivity contribution in [1.29, 1.82) is 0 Å². The van der Waals surface area contributed by atoms with Crippen LogP contribution in [0.4, 0.5) is 17.1 Å². The van der Waals surface area contributed by atoms with E-state index in [9.17, 15) is 14.9 Å². The number of nitrogens with two attached hydrogens (primary N) is 1. The molecule has 1 amide bonds. The van der Waals surface area contributed by atoms with Crippen LogP contribution in [0.1, 0.15) is 10.4 Å². The molecule has 2 aromatic rings. The van der Waals surface area contributed by atoms with E-state index in [4.69, 9.17) is 5.73 Å². The molecule has 6 nitrogen and oxygen atoms in total. The molecule has 0 bridgehead atoms. The zero-order valence-corrected chi connectivity index (χ0v) is 11.8. The van der Waals surface area contributed by atoms with Crippen LogP contribution >= 0.6 is 15.9 Å². The molecule has 0 atom stereocenters. The number of anilines is 2. The monoisotopic (exact) mass is 335 g/mol. The van der Waals surface area contributed by atoms with E-state index in [1.807, 2.05) is 6.07 Å². The lowest BCUT2D eigenvalue weighted by molar-refractivity contribution is -0.384. The van der Waals surface area contributed by atoms with Gasteiger partial charge in [0.2, 0.25) is 0 Å². The predicted octanol–water partition coefficient (Wildman–Crippen LogP) is 3.19. The lowest BCUT2D eigenvalue weighted by Crippen LogP contribution is -2.14. The number of nitrogens with zero attached hydrogens (tertiary/aromatic N) is 1. The van der Waals surface area contributed by atoms with E-state index in [1.54, 1.807) is 18.2 Å². The fraction of sp³-hybridized carbons (Fsp3) is 0. The average molecular weight is 336 g/mol. The van der Waals surface area contributed by atoms with Crippen LogP contribution in [0.5, 0.6) is 0 Å². The molecule has 0 saturated carbocycles. The standard InChI is InChI=1S/C13H10BrN3O3/c14-8-2-1-3-9(6-8)16-13(18)11-7-10(17(19)20)4-5-12(11)15/h1-7H,15H2,(H,16,18). The fourth-order valence-electron chi connectivity index (χ4n) is 1.62. The van der Waals surface area contributed by atoms with Gasteiger partial charge in [0.15, 0.2) is 0 Å². The Morgan fingerprint density at radius 3 is 2.65 bits per heavy atom. The number of carbonyl (C=O) groups is 1. The summed E-state index contributed by atoms with van der Waals surface area (Å²) >= 11 is 3.29.